The third-order valence-corrected chi connectivity index (χ3v) is 9.73. The van der Waals surface area contributed by atoms with E-state index < -0.39 is 56.1 Å². The Balaban J connectivity index is 1.72. The average Bonchev–Trinajstić information content (AvgIpc) is 3.42. The summed E-state index contributed by atoms with van der Waals surface area (Å²) in [6.07, 6.45) is -6.71. The number of methoxy groups -OCH3 is 1. The van der Waals surface area contributed by atoms with E-state index in [9.17, 15) is 39.6 Å². The van der Waals surface area contributed by atoms with Crippen LogP contribution in [0.15, 0.2) is 108 Å². The summed E-state index contributed by atoms with van der Waals surface area (Å²) in [5.74, 6) is -1.41. The van der Waals surface area contributed by atoms with Gasteiger partial charge in [0.2, 0.25) is 0 Å². The molecule has 0 N–H and O–H groups in total. The number of aromatic nitrogens is 2. The predicted octanol–water partition coefficient (Wildman–Crippen LogP) is 9.46. The Labute approximate surface area is 276 Å². The van der Waals surface area contributed by atoms with Crippen molar-refractivity contribution in [2.45, 2.75) is 24.4 Å². The molecule has 0 amide bonds. The van der Waals surface area contributed by atoms with Gasteiger partial charge in [0.1, 0.15) is 5.82 Å². The van der Waals surface area contributed by atoms with E-state index in [-0.39, 0.29) is 33.3 Å². The number of ether oxygens (including phenoxy) is 1. The number of carbonyl (C=O) groups is 1. The van der Waals surface area contributed by atoms with E-state index in [4.69, 9.17) is 4.74 Å². The molecule has 6 nitrogen and oxygen atoms in total. The lowest BCUT2D eigenvalue weighted by Gasteiger charge is -2.17. The van der Waals surface area contributed by atoms with Crippen molar-refractivity contribution in [3.8, 4) is 33.6 Å². The smallest absolute Gasteiger partial charge is 0.418 e. The fourth-order valence-corrected chi connectivity index (χ4v) is 7.32. The zero-order valence-electron chi connectivity index (χ0n) is 25.6. The highest BCUT2D eigenvalue weighted by molar-refractivity contribution is 7.90. The van der Waals surface area contributed by atoms with E-state index in [1.54, 1.807) is 37.3 Å². The maximum Gasteiger partial charge on any atom is 0.418 e. The van der Waals surface area contributed by atoms with Gasteiger partial charge in [0.15, 0.2) is 0 Å². The number of hydrogen-bond donors (Lipinski definition) is 0. The topological polar surface area (TPSA) is 78.3 Å². The van der Waals surface area contributed by atoms with E-state index in [1.807, 2.05) is 0 Å². The fourth-order valence-electron chi connectivity index (χ4n) is 5.78. The minimum absolute atomic E-state index is 0.118. The fraction of sp³-hybridized carbons (Fsp3) is 0.111. The van der Waals surface area contributed by atoms with E-state index in [2.05, 4.69) is 4.98 Å². The van der Waals surface area contributed by atoms with E-state index >= 15 is 0 Å². The first-order valence-corrected chi connectivity index (χ1v) is 16.0. The Kier molecular flexibility index (Phi) is 8.57. The number of alkyl halides is 5. The van der Waals surface area contributed by atoms with Crippen LogP contribution < -0.4 is 0 Å². The number of nitrogens with zero attached hydrogens (tertiary/aromatic N) is 2. The van der Waals surface area contributed by atoms with Gasteiger partial charge in [-0.2, -0.15) is 13.2 Å². The van der Waals surface area contributed by atoms with Crippen LogP contribution in [0.3, 0.4) is 0 Å². The lowest BCUT2D eigenvalue weighted by molar-refractivity contribution is -0.137. The summed E-state index contributed by atoms with van der Waals surface area (Å²) in [5.41, 5.74) is -0.876. The van der Waals surface area contributed by atoms with Crippen LogP contribution in [-0.2, 0) is 20.9 Å². The number of carbonyl (C=O) groups excluding carboxylic acids is 1. The highest BCUT2D eigenvalue weighted by Crippen LogP contribution is 2.47. The first-order valence-electron chi connectivity index (χ1n) is 14.5. The van der Waals surface area contributed by atoms with Crippen molar-refractivity contribution in [2.24, 2.45) is 0 Å². The normalized spacial score (nSPS) is 12.1. The zero-order valence-corrected chi connectivity index (χ0v) is 26.4. The number of esters is 1. The van der Waals surface area contributed by atoms with Gasteiger partial charge in [-0.25, -0.2) is 30.4 Å². The van der Waals surface area contributed by atoms with Crippen molar-refractivity contribution in [3.63, 3.8) is 0 Å². The zero-order chi connectivity index (χ0) is 35.2. The van der Waals surface area contributed by atoms with Crippen LogP contribution >= 0.6 is 0 Å². The molecule has 4 aromatic carbocycles. The molecule has 6 rings (SSSR count). The lowest BCUT2D eigenvalue weighted by Crippen LogP contribution is -2.15. The van der Waals surface area contributed by atoms with Gasteiger partial charge in [0.05, 0.1) is 40.0 Å². The average molecular weight is 695 g/mol. The second-order valence-electron chi connectivity index (χ2n) is 11.0. The molecule has 6 aromatic rings. The molecule has 2 aromatic heterocycles. The summed E-state index contributed by atoms with van der Waals surface area (Å²) < 4.78 is 120. The molecule has 0 spiro atoms. The van der Waals surface area contributed by atoms with Crippen LogP contribution in [-0.4, -0.2) is 30.5 Å². The first-order chi connectivity index (χ1) is 23.2. The summed E-state index contributed by atoms with van der Waals surface area (Å²) in [5, 5.41) is -0.184. The molecule has 0 aliphatic carbocycles. The van der Waals surface area contributed by atoms with Crippen LogP contribution in [0, 0.1) is 12.7 Å². The van der Waals surface area contributed by atoms with E-state index in [1.165, 1.54) is 19.2 Å². The highest BCUT2D eigenvalue weighted by Gasteiger charge is 2.38. The molecule has 0 aliphatic heterocycles. The maximum atomic E-state index is 14.9. The number of fused-ring (bicyclic) bond motifs is 1. The highest BCUT2D eigenvalue weighted by atomic mass is 32.2. The Morgan fingerprint density at radius 2 is 1.59 bits per heavy atom. The summed E-state index contributed by atoms with van der Waals surface area (Å²) in [6, 6.07) is 19.8. The van der Waals surface area contributed by atoms with Gasteiger partial charge >= 0.3 is 12.1 Å². The van der Waals surface area contributed by atoms with Crippen molar-refractivity contribution < 1.29 is 44.3 Å². The summed E-state index contributed by atoms with van der Waals surface area (Å²) in [4.78, 5) is 15.7. The lowest BCUT2D eigenvalue weighted by atomic mass is 9.94. The van der Waals surface area contributed by atoms with Crippen LogP contribution in [0.5, 0.6) is 0 Å². The third kappa shape index (κ3) is 6.06. The molecule has 49 heavy (non-hydrogen) atoms. The second kappa shape index (κ2) is 12.5. The molecular weight excluding hydrogens is 670 g/mol. The van der Waals surface area contributed by atoms with Gasteiger partial charge in [-0.05, 0) is 84.3 Å². The van der Waals surface area contributed by atoms with Gasteiger partial charge in [-0.1, -0.05) is 36.4 Å². The molecule has 0 aliphatic rings. The SMILES string of the molecule is COC(=O)c1ccc(-c2cccc(-c3c(-c4ncccc4C(F)(F)F)c4cc(F)ccc4n3S(=O)(=O)c3ccc(C(F)F)cc3)c2)c(C)c1. The molecule has 0 fully saturated rings. The summed E-state index contributed by atoms with van der Waals surface area (Å²) in [6.45, 7) is 1.73. The van der Waals surface area contributed by atoms with Crippen molar-refractivity contribution in [1.29, 1.82) is 0 Å². The Bertz CT molecular complexity index is 2350. The molecule has 0 atom stereocenters. The van der Waals surface area contributed by atoms with Crippen LogP contribution in [0.1, 0.15) is 33.5 Å². The number of aryl methyl sites for hydroxylation is 1. The summed E-state index contributed by atoms with van der Waals surface area (Å²) in [7, 11) is -3.51. The van der Waals surface area contributed by atoms with Crippen LogP contribution in [0.4, 0.5) is 26.3 Å². The van der Waals surface area contributed by atoms with Crippen molar-refractivity contribution in [2.75, 3.05) is 7.11 Å². The van der Waals surface area contributed by atoms with Gasteiger partial charge < -0.3 is 4.74 Å². The number of rotatable bonds is 7. The number of benzene rings is 4. The van der Waals surface area contributed by atoms with Crippen molar-refractivity contribution >= 4 is 26.9 Å². The van der Waals surface area contributed by atoms with Gasteiger partial charge in [0.25, 0.3) is 16.4 Å². The minimum Gasteiger partial charge on any atom is -0.465 e. The largest absolute Gasteiger partial charge is 0.465 e. The Morgan fingerprint density at radius 3 is 2.24 bits per heavy atom. The van der Waals surface area contributed by atoms with Gasteiger partial charge in [-0.15, -0.1) is 0 Å². The van der Waals surface area contributed by atoms with Crippen LogP contribution in [0.25, 0.3) is 44.5 Å². The number of pyridine rings is 1. The molecule has 0 saturated heterocycles. The molecule has 13 heteroatoms. The number of halogens is 6. The Morgan fingerprint density at radius 1 is 0.878 bits per heavy atom. The predicted molar refractivity (Wildman–Crippen MR) is 171 cm³/mol. The quantitative estimate of drug-likeness (QED) is 0.123. The van der Waals surface area contributed by atoms with Gasteiger partial charge in [0, 0.05) is 28.3 Å². The van der Waals surface area contributed by atoms with Crippen molar-refractivity contribution in [3.05, 3.63) is 131 Å². The van der Waals surface area contributed by atoms with E-state index in [0.29, 0.717) is 16.7 Å². The monoisotopic (exact) mass is 694 g/mol. The maximum absolute atomic E-state index is 14.9. The Hall–Kier alpha value is -5.43. The molecular formula is C36H24F6N2O4S. The molecule has 0 unspecified atom stereocenters. The molecule has 0 bridgehead atoms. The van der Waals surface area contributed by atoms with E-state index in [0.717, 1.165) is 64.8 Å². The van der Waals surface area contributed by atoms with Crippen LogP contribution in [0.2, 0.25) is 0 Å². The minimum atomic E-state index is -4.94. The molecule has 0 radical (unpaired) electrons. The van der Waals surface area contributed by atoms with Crippen molar-refractivity contribution in [1.82, 2.24) is 8.96 Å². The molecule has 0 saturated carbocycles. The van der Waals surface area contributed by atoms with Gasteiger partial charge in [-0.3, -0.25) is 4.98 Å². The summed E-state index contributed by atoms with van der Waals surface area (Å²) >= 11 is 0. The first kappa shape index (κ1) is 33.5. The third-order valence-electron chi connectivity index (χ3n) is 8.00. The standard InChI is InChI=1S/C36H24F6N2O4S/c1-20-17-24(35(45)48-2)10-14-27(20)22-5-3-6-23(18-22)33-31(32-29(36(40,41)42)7-4-16-43-32)28-19-25(37)11-15-30(28)44(33)49(46,47)26-12-8-21(9-13-26)34(38)39/h3-19,34H,1-2H3. The molecule has 250 valence electrons. The second-order valence-corrected chi connectivity index (χ2v) is 12.8. The number of hydrogen-bond acceptors (Lipinski definition) is 5. The molecule has 2 heterocycles.